The number of unbranched alkanes of at least 4 members (excludes halogenated alkanes) is 1. The quantitative estimate of drug-likeness (QED) is 0.670. The monoisotopic (exact) mass is 237 g/mol. The zero-order valence-corrected chi connectivity index (χ0v) is 10.9. The molecule has 0 amide bonds. The van der Waals surface area contributed by atoms with Crippen LogP contribution in [-0.2, 0) is 16.1 Å². The van der Waals surface area contributed by atoms with E-state index in [1.165, 1.54) is 24.1 Å². The minimum absolute atomic E-state index is 0.643. The van der Waals surface area contributed by atoms with Crippen LogP contribution >= 0.6 is 0 Å². The summed E-state index contributed by atoms with van der Waals surface area (Å²) in [5.41, 5.74) is 2.37. The highest BCUT2D eigenvalue weighted by Crippen LogP contribution is 2.11. The van der Waals surface area contributed by atoms with Gasteiger partial charge in [0.25, 0.3) is 0 Å². The minimum Gasteiger partial charge on any atom is -0.385 e. The molecule has 0 fully saturated rings. The molecule has 0 saturated heterocycles. The Morgan fingerprint density at radius 1 is 1.24 bits per heavy atom. The van der Waals surface area contributed by atoms with Gasteiger partial charge >= 0.3 is 0 Å². The molecule has 0 atom stereocenters. The fourth-order valence-corrected chi connectivity index (χ4v) is 1.51. The van der Waals surface area contributed by atoms with E-state index in [1.54, 1.807) is 7.11 Å². The molecule has 0 aromatic heterocycles. The number of hydrogen-bond donors (Lipinski definition) is 1. The molecule has 17 heavy (non-hydrogen) atoms. The van der Waals surface area contributed by atoms with Crippen LogP contribution in [-0.4, -0.2) is 26.9 Å². The third-order valence-electron chi connectivity index (χ3n) is 2.49. The van der Waals surface area contributed by atoms with E-state index in [1.807, 2.05) is 0 Å². The normalized spacial score (nSPS) is 10.5. The second kappa shape index (κ2) is 9.02. The Hall–Kier alpha value is -1.06. The lowest BCUT2D eigenvalue weighted by Gasteiger charge is -2.08. The summed E-state index contributed by atoms with van der Waals surface area (Å²) in [7, 11) is 1.68. The van der Waals surface area contributed by atoms with E-state index in [9.17, 15) is 0 Å². The number of benzene rings is 1. The van der Waals surface area contributed by atoms with Gasteiger partial charge in [-0.1, -0.05) is 25.5 Å². The molecule has 1 rings (SSSR count). The highest BCUT2D eigenvalue weighted by molar-refractivity contribution is 5.45. The van der Waals surface area contributed by atoms with Crippen molar-refractivity contribution in [2.75, 3.05) is 32.2 Å². The summed E-state index contributed by atoms with van der Waals surface area (Å²) in [5, 5.41) is 3.41. The smallest absolute Gasteiger partial charge is 0.0718 e. The number of anilines is 1. The first-order valence-corrected chi connectivity index (χ1v) is 6.26. The molecule has 1 N–H and O–H groups in total. The number of rotatable bonds is 9. The highest BCUT2D eigenvalue weighted by Gasteiger charge is 1.96. The predicted octanol–water partition coefficient (Wildman–Crippen LogP) is 3.06. The molecule has 0 aliphatic heterocycles. The first-order valence-electron chi connectivity index (χ1n) is 6.26. The van der Waals surface area contributed by atoms with Gasteiger partial charge in [-0.05, 0) is 24.1 Å². The topological polar surface area (TPSA) is 30.5 Å². The Kier molecular flexibility index (Phi) is 7.43. The number of hydrogen-bond acceptors (Lipinski definition) is 3. The second-order valence-electron chi connectivity index (χ2n) is 4.03. The molecule has 0 heterocycles. The molecule has 0 spiro atoms. The summed E-state index contributed by atoms with van der Waals surface area (Å²) in [6.07, 6.45) is 2.42. The summed E-state index contributed by atoms with van der Waals surface area (Å²) in [4.78, 5) is 0. The second-order valence-corrected chi connectivity index (χ2v) is 4.03. The largest absolute Gasteiger partial charge is 0.385 e. The fourth-order valence-electron chi connectivity index (χ4n) is 1.51. The molecule has 3 nitrogen and oxygen atoms in total. The zero-order valence-electron chi connectivity index (χ0n) is 10.9. The highest BCUT2D eigenvalue weighted by atomic mass is 16.5. The van der Waals surface area contributed by atoms with E-state index in [0.29, 0.717) is 19.8 Å². The van der Waals surface area contributed by atoms with E-state index in [4.69, 9.17) is 9.47 Å². The molecule has 0 saturated carbocycles. The van der Waals surface area contributed by atoms with Gasteiger partial charge in [-0.3, -0.25) is 0 Å². The van der Waals surface area contributed by atoms with Crippen molar-refractivity contribution in [1.29, 1.82) is 0 Å². The van der Waals surface area contributed by atoms with Gasteiger partial charge in [0.1, 0.15) is 0 Å². The average Bonchev–Trinajstić information content (AvgIpc) is 2.36. The van der Waals surface area contributed by atoms with Crippen LogP contribution in [0.1, 0.15) is 25.3 Å². The van der Waals surface area contributed by atoms with Crippen molar-refractivity contribution in [3.8, 4) is 0 Å². The summed E-state index contributed by atoms with van der Waals surface area (Å²) >= 11 is 0. The maximum Gasteiger partial charge on any atom is 0.0718 e. The molecule has 96 valence electrons. The summed E-state index contributed by atoms with van der Waals surface area (Å²) in [5.74, 6) is 0. The molecular weight excluding hydrogens is 214 g/mol. The van der Waals surface area contributed by atoms with Crippen molar-refractivity contribution in [1.82, 2.24) is 0 Å². The standard InChI is InChI=1S/C14H23NO2/c1-3-4-8-15-14-7-5-6-13(11-14)12-17-10-9-16-2/h5-7,11,15H,3-4,8-10,12H2,1-2H3. The SMILES string of the molecule is CCCCNc1cccc(COCCOC)c1. The maximum absolute atomic E-state index is 5.49. The molecule has 0 unspecified atom stereocenters. The molecule has 1 aromatic rings. The van der Waals surface area contributed by atoms with Gasteiger partial charge in [-0.2, -0.15) is 0 Å². The Labute approximate surface area is 104 Å². The zero-order chi connectivity index (χ0) is 12.3. The Balaban J connectivity index is 2.31. The summed E-state index contributed by atoms with van der Waals surface area (Å²) in [6, 6.07) is 8.37. The van der Waals surface area contributed by atoms with Crippen molar-refractivity contribution in [3.05, 3.63) is 29.8 Å². The lowest BCUT2D eigenvalue weighted by molar-refractivity contribution is 0.0617. The minimum atomic E-state index is 0.643. The first kappa shape index (κ1) is 14.0. The molecule has 0 bridgehead atoms. The Bertz CT molecular complexity index is 302. The Morgan fingerprint density at radius 3 is 2.88 bits per heavy atom. The van der Waals surface area contributed by atoms with Crippen LogP contribution in [0.3, 0.4) is 0 Å². The predicted molar refractivity (Wildman–Crippen MR) is 71.4 cm³/mol. The molecule has 3 heteroatoms. The van der Waals surface area contributed by atoms with Crippen LogP contribution in [0.25, 0.3) is 0 Å². The van der Waals surface area contributed by atoms with Crippen LogP contribution in [0, 0.1) is 0 Å². The van der Waals surface area contributed by atoms with Crippen LogP contribution in [0.4, 0.5) is 5.69 Å². The maximum atomic E-state index is 5.49. The van der Waals surface area contributed by atoms with Crippen LogP contribution in [0.15, 0.2) is 24.3 Å². The van der Waals surface area contributed by atoms with Crippen molar-refractivity contribution >= 4 is 5.69 Å². The molecule has 0 aliphatic carbocycles. The van der Waals surface area contributed by atoms with E-state index in [2.05, 4.69) is 36.5 Å². The van der Waals surface area contributed by atoms with Gasteiger partial charge in [0.15, 0.2) is 0 Å². The van der Waals surface area contributed by atoms with Crippen molar-refractivity contribution in [2.45, 2.75) is 26.4 Å². The van der Waals surface area contributed by atoms with Crippen molar-refractivity contribution in [3.63, 3.8) is 0 Å². The summed E-state index contributed by atoms with van der Waals surface area (Å²) < 4.78 is 10.4. The molecule has 0 radical (unpaired) electrons. The Morgan fingerprint density at radius 2 is 2.12 bits per heavy atom. The molecule has 1 aromatic carbocycles. The van der Waals surface area contributed by atoms with E-state index in [-0.39, 0.29) is 0 Å². The van der Waals surface area contributed by atoms with E-state index < -0.39 is 0 Å². The first-order chi connectivity index (χ1) is 8.36. The van der Waals surface area contributed by atoms with E-state index in [0.717, 1.165) is 6.54 Å². The lowest BCUT2D eigenvalue weighted by atomic mass is 10.2. The van der Waals surface area contributed by atoms with Gasteiger partial charge in [0.05, 0.1) is 19.8 Å². The van der Waals surface area contributed by atoms with E-state index >= 15 is 0 Å². The number of nitrogens with one attached hydrogen (secondary N) is 1. The summed E-state index contributed by atoms with van der Waals surface area (Å²) in [6.45, 7) is 5.16. The van der Waals surface area contributed by atoms with Crippen LogP contribution in [0.2, 0.25) is 0 Å². The van der Waals surface area contributed by atoms with Crippen LogP contribution in [0.5, 0.6) is 0 Å². The van der Waals surface area contributed by atoms with Gasteiger partial charge in [0.2, 0.25) is 0 Å². The van der Waals surface area contributed by atoms with Gasteiger partial charge in [-0.25, -0.2) is 0 Å². The van der Waals surface area contributed by atoms with Gasteiger partial charge < -0.3 is 14.8 Å². The lowest BCUT2D eigenvalue weighted by Crippen LogP contribution is -2.03. The average molecular weight is 237 g/mol. The number of ether oxygens (including phenoxy) is 2. The third-order valence-corrected chi connectivity index (χ3v) is 2.49. The van der Waals surface area contributed by atoms with Crippen molar-refractivity contribution < 1.29 is 9.47 Å². The van der Waals surface area contributed by atoms with Crippen molar-refractivity contribution in [2.24, 2.45) is 0 Å². The fraction of sp³-hybridized carbons (Fsp3) is 0.571. The molecular formula is C14H23NO2. The van der Waals surface area contributed by atoms with Gasteiger partial charge in [0, 0.05) is 19.3 Å². The van der Waals surface area contributed by atoms with Crippen LogP contribution < -0.4 is 5.32 Å². The van der Waals surface area contributed by atoms with Gasteiger partial charge in [-0.15, -0.1) is 0 Å². The molecule has 0 aliphatic rings. The third kappa shape index (κ3) is 6.29. The number of methoxy groups -OCH3 is 1.